The number of hydrogen-bond acceptors (Lipinski definition) is 4. The quantitative estimate of drug-likeness (QED) is 0.495. The molecule has 1 saturated carbocycles. The van der Waals surface area contributed by atoms with E-state index in [2.05, 4.69) is 16.7 Å². The molecule has 2 aromatic rings. The number of anilines is 2. The van der Waals surface area contributed by atoms with Crippen LogP contribution in [0.3, 0.4) is 0 Å². The molecule has 204 valence electrons. The molecule has 8 heteroatoms. The zero-order valence-corrected chi connectivity index (χ0v) is 23.3. The molecule has 0 bridgehead atoms. The van der Waals surface area contributed by atoms with Crippen LogP contribution in [0.2, 0.25) is 0 Å². The van der Waals surface area contributed by atoms with Crippen LogP contribution in [0.4, 0.5) is 11.4 Å². The second-order valence-corrected chi connectivity index (χ2v) is 12.0. The molecule has 0 heterocycles. The number of nitrogens with zero attached hydrogens (tertiary/aromatic N) is 1. The fraction of sp³-hybridized carbons (Fsp3) is 0.500. The number of nitrogens with one attached hydrogen (secondary N) is 2. The fourth-order valence-corrected chi connectivity index (χ4v) is 6.35. The van der Waals surface area contributed by atoms with Crippen molar-refractivity contribution in [2.45, 2.75) is 83.7 Å². The number of rotatable bonds is 9. The molecular weight excluding hydrogens is 498 g/mol. The molecule has 2 N–H and O–H groups in total. The van der Waals surface area contributed by atoms with Crippen molar-refractivity contribution in [1.29, 1.82) is 0 Å². The zero-order chi connectivity index (χ0) is 27.1. The van der Waals surface area contributed by atoms with E-state index < -0.39 is 28.7 Å². The SMILES string of the molecule is Cc1ccc(NC(=O)C[S@](=O)CC(=O)N(c2cccc3c2CCCC3)[C@@H](C)C(=O)NC2CCCCC2)cc1. The lowest BCUT2D eigenvalue weighted by molar-refractivity contribution is -0.126. The van der Waals surface area contributed by atoms with Crippen LogP contribution in [0.15, 0.2) is 42.5 Å². The third-order valence-corrected chi connectivity index (χ3v) is 8.68. The van der Waals surface area contributed by atoms with Crippen molar-refractivity contribution in [2.24, 2.45) is 0 Å². The van der Waals surface area contributed by atoms with Crippen LogP contribution in [-0.4, -0.2) is 45.5 Å². The van der Waals surface area contributed by atoms with E-state index in [1.165, 1.54) is 16.9 Å². The summed E-state index contributed by atoms with van der Waals surface area (Å²) < 4.78 is 12.9. The lowest BCUT2D eigenvalue weighted by Crippen LogP contribution is -2.52. The summed E-state index contributed by atoms with van der Waals surface area (Å²) in [6.45, 7) is 3.70. The molecule has 1 fully saturated rings. The first-order chi connectivity index (χ1) is 18.3. The van der Waals surface area contributed by atoms with Crippen molar-refractivity contribution in [3.05, 3.63) is 59.2 Å². The third-order valence-electron chi connectivity index (χ3n) is 7.53. The molecular formula is C30H39N3O4S. The Morgan fingerprint density at radius 3 is 2.39 bits per heavy atom. The van der Waals surface area contributed by atoms with Gasteiger partial charge in [0.15, 0.2) is 0 Å². The number of amides is 3. The molecule has 0 unspecified atom stereocenters. The summed E-state index contributed by atoms with van der Waals surface area (Å²) >= 11 is 0. The molecule has 0 saturated heterocycles. The topological polar surface area (TPSA) is 95.6 Å². The molecule has 7 nitrogen and oxygen atoms in total. The molecule has 2 aromatic carbocycles. The first-order valence-corrected chi connectivity index (χ1v) is 15.3. The highest BCUT2D eigenvalue weighted by Crippen LogP contribution is 2.32. The van der Waals surface area contributed by atoms with Gasteiger partial charge in [0.25, 0.3) is 0 Å². The summed E-state index contributed by atoms with van der Waals surface area (Å²) in [5.74, 6) is -1.63. The van der Waals surface area contributed by atoms with Gasteiger partial charge < -0.3 is 10.6 Å². The second-order valence-electron chi connectivity index (χ2n) is 10.5. The van der Waals surface area contributed by atoms with E-state index in [1.54, 1.807) is 19.1 Å². The standard InChI is InChI=1S/C30H39N3O4S/c1-21-15-17-25(18-16-21)31-28(34)19-38(37)20-29(35)33(22(2)30(36)32-24-11-4-3-5-12-24)27-14-8-10-23-9-6-7-13-26(23)27/h8,10,14-18,22,24H,3-7,9,11-13,19-20H2,1-2H3,(H,31,34)(H,32,36)/t22-,38-/m0/s1. The van der Waals surface area contributed by atoms with Crippen LogP contribution in [0.25, 0.3) is 0 Å². The average Bonchev–Trinajstić information content (AvgIpc) is 2.90. The Kier molecular flexibility index (Phi) is 9.72. The van der Waals surface area contributed by atoms with E-state index in [-0.39, 0.29) is 23.5 Å². The Bertz CT molecular complexity index is 1170. The van der Waals surface area contributed by atoms with Gasteiger partial charge in [-0.1, -0.05) is 49.1 Å². The number of carbonyl (C=O) groups is 3. The summed E-state index contributed by atoms with van der Waals surface area (Å²) in [5, 5.41) is 5.89. The second kappa shape index (κ2) is 13.2. The normalized spacial score (nSPS) is 17.1. The molecule has 4 rings (SSSR count). The molecule has 38 heavy (non-hydrogen) atoms. The minimum Gasteiger partial charge on any atom is -0.352 e. The summed E-state index contributed by atoms with van der Waals surface area (Å²) in [7, 11) is -1.73. The Balaban J connectivity index is 1.49. The molecule has 2 aliphatic rings. The molecule has 2 atom stereocenters. The van der Waals surface area contributed by atoms with Gasteiger partial charge in [-0.25, -0.2) is 0 Å². The van der Waals surface area contributed by atoms with E-state index in [0.717, 1.165) is 68.2 Å². The molecule has 0 aromatic heterocycles. The highest BCUT2D eigenvalue weighted by molar-refractivity contribution is 7.86. The lowest BCUT2D eigenvalue weighted by Gasteiger charge is -2.33. The van der Waals surface area contributed by atoms with Gasteiger partial charge in [-0.15, -0.1) is 0 Å². The van der Waals surface area contributed by atoms with Crippen molar-refractivity contribution in [2.75, 3.05) is 21.7 Å². The van der Waals surface area contributed by atoms with Crippen molar-refractivity contribution >= 4 is 39.9 Å². The smallest absolute Gasteiger partial charge is 0.243 e. The molecule has 0 spiro atoms. The maximum atomic E-state index is 13.7. The van der Waals surface area contributed by atoms with Crippen LogP contribution < -0.4 is 15.5 Å². The van der Waals surface area contributed by atoms with E-state index >= 15 is 0 Å². The van der Waals surface area contributed by atoms with Gasteiger partial charge >= 0.3 is 0 Å². The number of benzene rings is 2. The summed E-state index contributed by atoms with van der Waals surface area (Å²) in [6.07, 6.45) is 9.19. The van der Waals surface area contributed by atoms with Crippen LogP contribution >= 0.6 is 0 Å². The molecule has 0 aliphatic heterocycles. The largest absolute Gasteiger partial charge is 0.352 e. The van der Waals surface area contributed by atoms with Gasteiger partial charge in [-0.2, -0.15) is 0 Å². The van der Waals surface area contributed by atoms with E-state index in [0.29, 0.717) is 5.69 Å². The minimum absolute atomic E-state index is 0.125. The Hall–Kier alpha value is -3.00. The van der Waals surface area contributed by atoms with Gasteiger partial charge in [0.1, 0.15) is 17.5 Å². The van der Waals surface area contributed by atoms with Gasteiger partial charge in [-0.3, -0.25) is 23.5 Å². The fourth-order valence-electron chi connectivity index (χ4n) is 5.47. The highest BCUT2D eigenvalue weighted by atomic mass is 32.2. The zero-order valence-electron chi connectivity index (χ0n) is 22.5. The lowest BCUT2D eigenvalue weighted by atomic mass is 9.89. The monoisotopic (exact) mass is 537 g/mol. The molecule has 0 radical (unpaired) electrons. The first kappa shape index (κ1) is 28.0. The van der Waals surface area contributed by atoms with Crippen molar-refractivity contribution in [3.63, 3.8) is 0 Å². The number of hydrogen-bond donors (Lipinski definition) is 2. The first-order valence-electron chi connectivity index (χ1n) is 13.8. The van der Waals surface area contributed by atoms with Gasteiger partial charge in [0.05, 0.1) is 0 Å². The molecule has 3 amide bonds. The predicted molar refractivity (Wildman–Crippen MR) is 153 cm³/mol. The van der Waals surface area contributed by atoms with Gasteiger partial charge in [0.2, 0.25) is 17.7 Å². The molecule has 2 aliphatic carbocycles. The van der Waals surface area contributed by atoms with Crippen LogP contribution in [-0.2, 0) is 38.0 Å². The van der Waals surface area contributed by atoms with Crippen LogP contribution in [0.1, 0.15) is 68.6 Å². The summed E-state index contributed by atoms with van der Waals surface area (Å²) in [6, 6.07) is 12.6. The number of fused-ring (bicyclic) bond motifs is 1. The maximum Gasteiger partial charge on any atom is 0.243 e. The van der Waals surface area contributed by atoms with Crippen LogP contribution in [0, 0.1) is 6.92 Å². The van der Waals surface area contributed by atoms with Gasteiger partial charge in [0, 0.05) is 28.2 Å². The van der Waals surface area contributed by atoms with Gasteiger partial charge in [-0.05, 0) is 81.7 Å². The minimum atomic E-state index is -1.73. The average molecular weight is 538 g/mol. The van der Waals surface area contributed by atoms with Crippen molar-refractivity contribution < 1.29 is 18.6 Å². The maximum absolute atomic E-state index is 13.7. The van der Waals surface area contributed by atoms with E-state index in [4.69, 9.17) is 0 Å². The Morgan fingerprint density at radius 2 is 1.66 bits per heavy atom. The van der Waals surface area contributed by atoms with Crippen LogP contribution in [0.5, 0.6) is 0 Å². The highest BCUT2D eigenvalue weighted by Gasteiger charge is 2.32. The van der Waals surface area contributed by atoms with Crippen molar-refractivity contribution in [3.8, 4) is 0 Å². The van der Waals surface area contributed by atoms with E-state index in [1.807, 2.05) is 31.2 Å². The Morgan fingerprint density at radius 1 is 0.947 bits per heavy atom. The third kappa shape index (κ3) is 7.31. The summed E-state index contributed by atoms with van der Waals surface area (Å²) in [4.78, 5) is 41.0. The Labute approximate surface area is 228 Å². The van der Waals surface area contributed by atoms with Crippen molar-refractivity contribution in [1.82, 2.24) is 5.32 Å². The predicted octanol–water partition coefficient (Wildman–Crippen LogP) is 4.43. The number of carbonyl (C=O) groups excluding carboxylic acids is 3. The van der Waals surface area contributed by atoms with E-state index in [9.17, 15) is 18.6 Å². The summed E-state index contributed by atoms with van der Waals surface area (Å²) in [5.41, 5.74) is 4.70. The number of aryl methyl sites for hydroxylation is 2.